The highest BCUT2D eigenvalue weighted by Crippen LogP contribution is 2.35. The van der Waals surface area contributed by atoms with E-state index < -0.39 is 0 Å². The molecule has 2 aromatic carbocycles. The Kier molecular flexibility index (Phi) is 7.80. The fourth-order valence-electron chi connectivity index (χ4n) is 5.52. The van der Waals surface area contributed by atoms with Crippen LogP contribution in [0.5, 0.6) is 11.5 Å². The van der Waals surface area contributed by atoms with E-state index in [-0.39, 0.29) is 17.7 Å². The molecule has 5 rings (SSSR count). The second kappa shape index (κ2) is 11.5. The number of aromatic nitrogens is 1. The van der Waals surface area contributed by atoms with Gasteiger partial charge in [-0.25, -0.2) is 0 Å². The SMILES string of the molecule is C=C(C1CCN(C)C(=O)C1)N1C=CN=C(C)/C1=C(/N)c1ccc(NC(=O)c2cc3c(OC)cccc3n2C)c(OC)c1. The first-order chi connectivity index (χ1) is 20.1. The zero-order valence-electron chi connectivity index (χ0n) is 24.6. The van der Waals surface area contributed by atoms with Gasteiger partial charge in [-0.1, -0.05) is 18.7 Å². The van der Waals surface area contributed by atoms with Gasteiger partial charge < -0.3 is 34.9 Å². The van der Waals surface area contributed by atoms with Gasteiger partial charge in [0.2, 0.25) is 5.91 Å². The topological polar surface area (TPSA) is 114 Å². The van der Waals surface area contributed by atoms with E-state index in [2.05, 4.69) is 16.9 Å². The molecule has 42 heavy (non-hydrogen) atoms. The summed E-state index contributed by atoms with van der Waals surface area (Å²) in [5.41, 5.74) is 12.0. The largest absolute Gasteiger partial charge is 0.496 e. The minimum atomic E-state index is -0.288. The van der Waals surface area contributed by atoms with Crippen LogP contribution in [0.3, 0.4) is 0 Å². The lowest BCUT2D eigenvalue weighted by molar-refractivity contribution is -0.133. The van der Waals surface area contributed by atoms with Crippen LogP contribution in [-0.2, 0) is 11.8 Å². The molecular formula is C32H36N6O4. The van der Waals surface area contributed by atoms with Gasteiger partial charge in [-0.2, -0.15) is 0 Å². The van der Waals surface area contributed by atoms with E-state index in [1.807, 2.05) is 67.0 Å². The summed E-state index contributed by atoms with van der Waals surface area (Å²) in [4.78, 5) is 33.9. The summed E-state index contributed by atoms with van der Waals surface area (Å²) in [7, 11) is 6.81. The Balaban J connectivity index is 1.44. The molecule has 1 aromatic heterocycles. The van der Waals surface area contributed by atoms with Gasteiger partial charge in [0.15, 0.2) is 0 Å². The molecular weight excluding hydrogens is 532 g/mol. The highest BCUT2D eigenvalue weighted by molar-refractivity contribution is 6.08. The molecule has 1 unspecified atom stereocenters. The maximum absolute atomic E-state index is 13.4. The second-order valence-corrected chi connectivity index (χ2v) is 10.5. The zero-order valence-corrected chi connectivity index (χ0v) is 24.6. The number of anilines is 1. The second-order valence-electron chi connectivity index (χ2n) is 10.5. The minimum Gasteiger partial charge on any atom is -0.496 e. The molecule has 0 bridgehead atoms. The number of hydrogen-bond donors (Lipinski definition) is 2. The van der Waals surface area contributed by atoms with Crippen LogP contribution in [0, 0.1) is 5.92 Å². The predicted molar refractivity (Wildman–Crippen MR) is 165 cm³/mol. The number of hydrogen-bond acceptors (Lipinski definition) is 7. The highest BCUT2D eigenvalue weighted by atomic mass is 16.5. The number of piperidine rings is 1. The van der Waals surface area contributed by atoms with Crippen LogP contribution >= 0.6 is 0 Å². The first kappa shape index (κ1) is 28.5. The Hall–Kier alpha value is -4.99. The van der Waals surface area contributed by atoms with E-state index in [1.165, 1.54) is 0 Å². The number of nitrogens with two attached hydrogens (primary N) is 1. The molecule has 2 amide bonds. The van der Waals surface area contributed by atoms with Gasteiger partial charge >= 0.3 is 0 Å². The van der Waals surface area contributed by atoms with Crippen LogP contribution in [-0.4, -0.2) is 59.7 Å². The fraction of sp³-hybridized carbons (Fsp3) is 0.281. The van der Waals surface area contributed by atoms with E-state index in [9.17, 15) is 9.59 Å². The monoisotopic (exact) mass is 568 g/mol. The molecule has 0 saturated carbocycles. The van der Waals surface area contributed by atoms with Crippen LogP contribution in [0.4, 0.5) is 5.69 Å². The van der Waals surface area contributed by atoms with Crippen molar-refractivity contribution in [3.05, 3.63) is 84.1 Å². The van der Waals surface area contributed by atoms with Crippen LogP contribution in [0.25, 0.3) is 16.6 Å². The van der Waals surface area contributed by atoms with Crippen LogP contribution in [0.2, 0.25) is 0 Å². The number of fused-ring (bicyclic) bond motifs is 1. The maximum atomic E-state index is 13.4. The van der Waals surface area contributed by atoms with Gasteiger partial charge in [-0.05, 0) is 43.7 Å². The van der Waals surface area contributed by atoms with Crippen molar-refractivity contribution in [2.45, 2.75) is 19.8 Å². The number of carbonyl (C=O) groups excluding carboxylic acids is 2. The third-order valence-corrected chi connectivity index (χ3v) is 8.02. The normalized spacial score (nSPS) is 18.2. The number of ether oxygens (including phenoxy) is 2. The first-order valence-corrected chi connectivity index (χ1v) is 13.7. The van der Waals surface area contributed by atoms with Gasteiger partial charge in [0.25, 0.3) is 5.91 Å². The number of carbonyl (C=O) groups is 2. The van der Waals surface area contributed by atoms with Crippen molar-refractivity contribution in [1.82, 2.24) is 14.4 Å². The number of nitrogens with one attached hydrogen (secondary N) is 1. The number of nitrogens with zero attached hydrogens (tertiary/aromatic N) is 4. The Labute approximate surface area is 245 Å². The molecule has 2 aliphatic rings. The summed E-state index contributed by atoms with van der Waals surface area (Å²) in [6.45, 7) is 6.91. The maximum Gasteiger partial charge on any atom is 0.272 e. The molecule has 218 valence electrons. The quantitative estimate of drug-likeness (QED) is 0.427. The number of rotatable bonds is 7. The molecule has 0 radical (unpaired) electrons. The van der Waals surface area contributed by atoms with Crippen molar-refractivity contribution >= 4 is 39.8 Å². The number of allylic oxidation sites excluding steroid dienone is 2. The third-order valence-electron chi connectivity index (χ3n) is 8.02. The summed E-state index contributed by atoms with van der Waals surface area (Å²) in [6.07, 6.45) is 4.75. The summed E-state index contributed by atoms with van der Waals surface area (Å²) in [5.74, 6) is 0.954. The zero-order chi connectivity index (χ0) is 30.1. The molecule has 10 heteroatoms. The van der Waals surface area contributed by atoms with Crippen LogP contribution in [0.1, 0.15) is 35.8 Å². The summed E-state index contributed by atoms with van der Waals surface area (Å²) >= 11 is 0. The average molecular weight is 569 g/mol. The van der Waals surface area contributed by atoms with Crippen LogP contribution < -0.4 is 20.5 Å². The number of aryl methyl sites for hydroxylation is 1. The molecule has 1 saturated heterocycles. The standard InChI is InChI=1S/C32H36N6O4/c1-19-31(38(15-13-34-19)20(2)21-12-14-36(3)29(39)17-21)30(33)22-10-11-24(28(16-22)42-6)35-32(40)26-18-23-25(37(26)4)8-7-9-27(23)41-5/h7-11,13,15-16,18,21H,2,12,14,17,33H2,1,3-6H3,(H,35,40)/b31-30-. The van der Waals surface area contributed by atoms with Crippen molar-refractivity contribution in [3.8, 4) is 11.5 Å². The summed E-state index contributed by atoms with van der Waals surface area (Å²) in [6, 6.07) is 12.9. The molecule has 1 fully saturated rings. The van der Waals surface area contributed by atoms with Gasteiger partial charge in [0.05, 0.1) is 42.5 Å². The van der Waals surface area contributed by atoms with Crippen LogP contribution in [0.15, 0.2) is 77.8 Å². The van der Waals surface area contributed by atoms with Gasteiger partial charge in [-0.3, -0.25) is 14.6 Å². The van der Waals surface area contributed by atoms with E-state index in [0.717, 1.165) is 28.7 Å². The van der Waals surface area contributed by atoms with Crippen molar-refractivity contribution < 1.29 is 19.1 Å². The lowest BCUT2D eigenvalue weighted by Crippen LogP contribution is -2.39. The van der Waals surface area contributed by atoms with Gasteiger partial charge in [-0.15, -0.1) is 0 Å². The molecule has 3 N–H and O–H groups in total. The summed E-state index contributed by atoms with van der Waals surface area (Å²) in [5, 5.41) is 3.82. The fourth-order valence-corrected chi connectivity index (χ4v) is 5.52. The number of methoxy groups -OCH3 is 2. The molecule has 10 nitrogen and oxygen atoms in total. The number of benzene rings is 2. The summed E-state index contributed by atoms with van der Waals surface area (Å²) < 4.78 is 13.0. The Morgan fingerprint density at radius 3 is 2.60 bits per heavy atom. The molecule has 3 heterocycles. The average Bonchev–Trinajstić information content (AvgIpc) is 3.34. The van der Waals surface area contributed by atoms with E-state index in [4.69, 9.17) is 15.2 Å². The number of aliphatic imine (C=N–C) groups is 1. The van der Waals surface area contributed by atoms with E-state index in [0.29, 0.717) is 52.8 Å². The van der Waals surface area contributed by atoms with E-state index in [1.54, 1.807) is 37.5 Å². The molecule has 0 aliphatic carbocycles. The van der Waals surface area contributed by atoms with Crippen molar-refractivity contribution in [1.29, 1.82) is 0 Å². The van der Waals surface area contributed by atoms with Crippen molar-refractivity contribution in [2.24, 2.45) is 23.7 Å². The van der Waals surface area contributed by atoms with Crippen molar-refractivity contribution in [2.75, 3.05) is 33.1 Å². The van der Waals surface area contributed by atoms with Crippen molar-refractivity contribution in [3.63, 3.8) is 0 Å². The molecule has 1 atom stereocenters. The smallest absolute Gasteiger partial charge is 0.272 e. The van der Waals surface area contributed by atoms with Gasteiger partial charge in [0.1, 0.15) is 17.2 Å². The Bertz CT molecular complexity index is 1680. The lowest BCUT2D eigenvalue weighted by Gasteiger charge is -2.36. The number of amides is 2. The highest BCUT2D eigenvalue weighted by Gasteiger charge is 2.30. The lowest BCUT2D eigenvalue weighted by atomic mass is 9.92. The van der Waals surface area contributed by atoms with E-state index >= 15 is 0 Å². The predicted octanol–water partition coefficient (Wildman–Crippen LogP) is 4.70. The Morgan fingerprint density at radius 1 is 1.12 bits per heavy atom. The first-order valence-electron chi connectivity index (χ1n) is 13.7. The Morgan fingerprint density at radius 2 is 1.88 bits per heavy atom. The molecule has 0 spiro atoms. The molecule has 3 aromatic rings. The van der Waals surface area contributed by atoms with Gasteiger partial charge in [0, 0.05) is 62.0 Å². The third kappa shape index (κ3) is 5.11. The molecule has 2 aliphatic heterocycles. The minimum absolute atomic E-state index is 0.00620. The number of likely N-dealkylation sites (tertiary alicyclic amines) is 1.